The molecule has 1 heterocycles. The van der Waals surface area contributed by atoms with E-state index in [1.165, 1.54) is 24.6 Å². The van der Waals surface area contributed by atoms with Gasteiger partial charge < -0.3 is 5.11 Å². The number of hydrogen-bond donors (Lipinski definition) is 2. The fourth-order valence-electron chi connectivity index (χ4n) is 0.502. The van der Waals surface area contributed by atoms with Crippen molar-refractivity contribution in [3.05, 3.63) is 24.2 Å². The Morgan fingerprint density at radius 3 is 3.00 bits per heavy atom. The third kappa shape index (κ3) is 1.36. The number of aliphatic hydroxyl groups is 1. The van der Waals surface area contributed by atoms with Crippen LogP contribution in [0.4, 0.5) is 0 Å². The van der Waals surface area contributed by atoms with E-state index in [9.17, 15) is 0 Å². The van der Waals surface area contributed by atoms with Crippen LogP contribution in [0.2, 0.25) is 0 Å². The van der Waals surface area contributed by atoms with Crippen molar-refractivity contribution in [1.82, 2.24) is 10.6 Å². The van der Waals surface area contributed by atoms with Gasteiger partial charge in [-0.2, -0.15) is 5.17 Å². The Hall–Kier alpha value is -1.16. The second kappa shape index (κ2) is 2.41. The fraction of sp³-hybridized carbons (Fsp3) is 0.200. The van der Waals surface area contributed by atoms with Gasteiger partial charge in [0, 0.05) is 6.20 Å². The number of nitrogens with zero attached hydrogens (tertiary/aromatic N) is 1. The van der Waals surface area contributed by atoms with Crippen molar-refractivity contribution in [3.8, 4) is 0 Å². The van der Waals surface area contributed by atoms with Gasteiger partial charge in [-0.15, -0.1) is 0 Å². The molecule has 0 radical (unpaired) electrons. The number of allylic oxidation sites excluding steroid dienone is 1. The van der Waals surface area contributed by atoms with E-state index in [4.69, 9.17) is 9.94 Å². The molecule has 4 heteroatoms. The number of nitrogens with one attached hydrogen (secondary N) is 1. The third-order valence-corrected chi connectivity index (χ3v) is 0.902. The summed E-state index contributed by atoms with van der Waals surface area (Å²) in [6, 6.07) is 0. The standard InChI is InChI=1S/C5H8N2O2/c1-9-7-4-5(8)2-3-6-7/h2-4,6,8H,1H3. The quantitative estimate of drug-likeness (QED) is 0.532. The minimum atomic E-state index is 0.163. The molecule has 0 aromatic heterocycles. The van der Waals surface area contributed by atoms with Crippen molar-refractivity contribution >= 4 is 0 Å². The molecule has 0 amide bonds. The van der Waals surface area contributed by atoms with E-state index in [2.05, 4.69) is 5.43 Å². The predicted octanol–water partition coefficient (Wildman–Crippen LogP) is 0.281. The Balaban J connectivity index is 2.55. The molecule has 0 aromatic rings. The molecule has 0 spiro atoms. The van der Waals surface area contributed by atoms with Crippen LogP contribution < -0.4 is 5.43 Å². The first kappa shape index (κ1) is 5.97. The molecule has 1 aliphatic heterocycles. The van der Waals surface area contributed by atoms with Crippen molar-refractivity contribution < 1.29 is 9.94 Å². The summed E-state index contributed by atoms with van der Waals surface area (Å²) in [4.78, 5) is 4.70. The lowest BCUT2D eigenvalue weighted by Crippen LogP contribution is -2.30. The van der Waals surface area contributed by atoms with Crippen LogP contribution in [-0.2, 0) is 4.84 Å². The maximum Gasteiger partial charge on any atom is 0.137 e. The lowest BCUT2D eigenvalue weighted by atomic mass is 10.5. The summed E-state index contributed by atoms with van der Waals surface area (Å²) < 4.78 is 0. The zero-order valence-electron chi connectivity index (χ0n) is 5.03. The van der Waals surface area contributed by atoms with Gasteiger partial charge in [-0.3, -0.25) is 10.3 Å². The number of hydrazine groups is 1. The molecule has 4 nitrogen and oxygen atoms in total. The van der Waals surface area contributed by atoms with Crippen LogP contribution in [0, 0.1) is 0 Å². The van der Waals surface area contributed by atoms with E-state index >= 15 is 0 Å². The van der Waals surface area contributed by atoms with Crippen LogP contribution >= 0.6 is 0 Å². The Labute approximate surface area is 53.0 Å². The Kier molecular flexibility index (Phi) is 1.60. The Morgan fingerprint density at radius 1 is 1.78 bits per heavy atom. The molecule has 0 atom stereocenters. The van der Waals surface area contributed by atoms with Gasteiger partial charge in [-0.05, 0) is 6.08 Å². The molecular weight excluding hydrogens is 120 g/mol. The van der Waals surface area contributed by atoms with E-state index in [0.29, 0.717) is 0 Å². The molecule has 1 rings (SSSR count). The highest BCUT2D eigenvalue weighted by atomic mass is 16.7. The molecule has 0 saturated heterocycles. The highest BCUT2D eigenvalue weighted by Crippen LogP contribution is 1.98. The first-order valence-corrected chi connectivity index (χ1v) is 2.50. The fourth-order valence-corrected chi connectivity index (χ4v) is 0.502. The van der Waals surface area contributed by atoms with Crippen molar-refractivity contribution in [3.63, 3.8) is 0 Å². The summed E-state index contributed by atoms with van der Waals surface area (Å²) in [6.45, 7) is 0. The molecule has 9 heavy (non-hydrogen) atoms. The third-order valence-electron chi connectivity index (χ3n) is 0.902. The van der Waals surface area contributed by atoms with Gasteiger partial charge in [0.2, 0.25) is 0 Å². The predicted molar refractivity (Wildman–Crippen MR) is 31.8 cm³/mol. The summed E-state index contributed by atoms with van der Waals surface area (Å²) in [5, 5.41) is 10.1. The smallest absolute Gasteiger partial charge is 0.137 e. The maximum absolute atomic E-state index is 8.82. The molecule has 0 bridgehead atoms. The van der Waals surface area contributed by atoms with E-state index < -0.39 is 0 Å². The van der Waals surface area contributed by atoms with Gasteiger partial charge >= 0.3 is 0 Å². The first-order chi connectivity index (χ1) is 4.33. The van der Waals surface area contributed by atoms with Crippen molar-refractivity contribution in [2.24, 2.45) is 0 Å². The monoisotopic (exact) mass is 128 g/mol. The normalized spacial score (nSPS) is 17.0. The van der Waals surface area contributed by atoms with Gasteiger partial charge in [0.15, 0.2) is 0 Å². The summed E-state index contributed by atoms with van der Waals surface area (Å²) in [5.41, 5.74) is 2.69. The Bertz CT molecular complexity index is 153. The summed E-state index contributed by atoms with van der Waals surface area (Å²) in [7, 11) is 1.50. The number of hydrogen-bond acceptors (Lipinski definition) is 4. The van der Waals surface area contributed by atoms with E-state index in [1.807, 2.05) is 0 Å². The maximum atomic E-state index is 8.82. The zero-order chi connectivity index (χ0) is 6.69. The van der Waals surface area contributed by atoms with E-state index in [0.717, 1.165) is 0 Å². The second-order valence-electron chi connectivity index (χ2n) is 1.52. The average molecular weight is 128 g/mol. The van der Waals surface area contributed by atoms with Crippen LogP contribution in [0.15, 0.2) is 24.2 Å². The van der Waals surface area contributed by atoms with Crippen LogP contribution in [0.1, 0.15) is 0 Å². The van der Waals surface area contributed by atoms with Crippen LogP contribution in [-0.4, -0.2) is 17.4 Å². The van der Waals surface area contributed by atoms with Gasteiger partial charge in [0.05, 0.1) is 13.3 Å². The number of aliphatic hydroxyl groups excluding tert-OH is 1. The topological polar surface area (TPSA) is 44.7 Å². The van der Waals surface area contributed by atoms with Gasteiger partial charge in [0.25, 0.3) is 0 Å². The molecule has 1 aliphatic rings. The molecule has 0 fully saturated rings. The Morgan fingerprint density at radius 2 is 2.56 bits per heavy atom. The van der Waals surface area contributed by atoms with Gasteiger partial charge in [-0.1, -0.05) is 0 Å². The summed E-state index contributed by atoms with van der Waals surface area (Å²) in [5.74, 6) is 0.163. The largest absolute Gasteiger partial charge is 0.506 e. The highest BCUT2D eigenvalue weighted by molar-refractivity contribution is 5.10. The van der Waals surface area contributed by atoms with E-state index in [1.54, 1.807) is 6.20 Å². The van der Waals surface area contributed by atoms with Crippen LogP contribution in [0.3, 0.4) is 0 Å². The van der Waals surface area contributed by atoms with Crippen molar-refractivity contribution in [2.45, 2.75) is 0 Å². The van der Waals surface area contributed by atoms with Crippen molar-refractivity contribution in [1.29, 1.82) is 0 Å². The molecule has 0 aliphatic carbocycles. The molecular formula is C5H8N2O2. The molecule has 0 aromatic carbocycles. The highest BCUT2D eigenvalue weighted by Gasteiger charge is 1.99. The van der Waals surface area contributed by atoms with E-state index in [-0.39, 0.29) is 5.76 Å². The molecule has 0 unspecified atom stereocenters. The van der Waals surface area contributed by atoms with Crippen LogP contribution in [0.25, 0.3) is 0 Å². The van der Waals surface area contributed by atoms with Crippen LogP contribution in [0.5, 0.6) is 0 Å². The SMILES string of the molecule is CON1C=C(O)C=CN1. The summed E-state index contributed by atoms with van der Waals surface area (Å²) >= 11 is 0. The minimum absolute atomic E-state index is 0.163. The lowest BCUT2D eigenvalue weighted by Gasteiger charge is -2.18. The summed E-state index contributed by atoms with van der Waals surface area (Å²) in [6.07, 6.45) is 4.51. The first-order valence-electron chi connectivity index (χ1n) is 2.50. The molecule has 50 valence electrons. The van der Waals surface area contributed by atoms with Crippen molar-refractivity contribution in [2.75, 3.05) is 7.11 Å². The second-order valence-corrected chi connectivity index (χ2v) is 1.52. The van der Waals surface area contributed by atoms with Gasteiger partial charge in [0.1, 0.15) is 5.76 Å². The minimum Gasteiger partial charge on any atom is -0.506 e. The molecule has 2 N–H and O–H groups in total. The zero-order valence-corrected chi connectivity index (χ0v) is 5.03. The average Bonchev–Trinajstić information content (AvgIpc) is 1.88. The number of rotatable bonds is 1. The van der Waals surface area contributed by atoms with Gasteiger partial charge in [-0.25, -0.2) is 0 Å². The lowest BCUT2D eigenvalue weighted by molar-refractivity contribution is -0.121. The molecule has 0 saturated carbocycles. The number of hydroxylamine groups is 1.